The molecule has 0 fully saturated rings. The Morgan fingerprint density at radius 2 is 1.90 bits per heavy atom. The predicted molar refractivity (Wildman–Crippen MR) is 93.0 cm³/mol. The van der Waals surface area contributed by atoms with E-state index in [0.717, 1.165) is 12.0 Å². The molecule has 4 heteroatoms. The van der Waals surface area contributed by atoms with Gasteiger partial charge in [-0.15, -0.1) is 0 Å². The van der Waals surface area contributed by atoms with Crippen molar-refractivity contribution in [1.29, 1.82) is 0 Å². The highest BCUT2D eigenvalue weighted by Crippen LogP contribution is 2.34. The molecule has 0 bridgehead atoms. The highest BCUT2D eigenvalue weighted by Gasteiger charge is 2.25. The summed E-state index contributed by atoms with van der Waals surface area (Å²) >= 11 is 6.89. The van der Waals surface area contributed by atoms with E-state index < -0.39 is 0 Å². The zero-order valence-corrected chi connectivity index (χ0v) is 14.4. The average molecular weight is 312 g/mol. The standard InChI is InChI=1S/C16H25NOS2/c1-12(2)11-18-15(19)20-16(3,4)10-14(17)13-8-6-5-7-9-13/h5-9,12,14H,10-11,17H2,1-4H3. The molecule has 2 nitrogen and oxygen atoms in total. The quantitative estimate of drug-likeness (QED) is 0.782. The summed E-state index contributed by atoms with van der Waals surface area (Å²) in [5, 5.41) is 0. The van der Waals surface area contributed by atoms with Crippen LogP contribution in [0, 0.1) is 5.92 Å². The minimum Gasteiger partial charge on any atom is -0.478 e. The number of ether oxygens (including phenoxy) is 1. The Balaban J connectivity index is 2.50. The van der Waals surface area contributed by atoms with E-state index in [4.69, 9.17) is 22.7 Å². The van der Waals surface area contributed by atoms with Crippen molar-refractivity contribution in [3.8, 4) is 0 Å². The van der Waals surface area contributed by atoms with Crippen molar-refractivity contribution in [2.45, 2.75) is 44.9 Å². The molecular weight excluding hydrogens is 286 g/mol. The number of thioether (sulfide) groups is 1. The summed E-state index contributed by atoms with van der Waals surface area (Å²) < 4.78 is 6.16. The van der Waals surface area contributed by atoms with Gasteiger partial charge >= 0.3 is 0 Å². The summed E-state index contributed by atoms with van der Waals surface area (Å²) in [6.07, 6.45) is 0.854. The lowest BCUT2D eigenvalue weighted by atomic mass is 9.97. The second-order valence-electron chi connectivity index (χ2n) is 6.04. The molecule has 0 amide bonds. The number of hydrogen-bond acceptors (Lipinski definition) is 4. The Bertz CT molecular complexity index is 418. The molecule has 0 heterocycles. The average Bonchev–Trinajstić information content (AvgIpc) is 2.36. The first-order chi connectivity index (χ1) is 9.30. The first kappa shape index (κ1) is 17.5. The number of rotatable bonds is 6. The molecule has 1 rings (SSSR count). The smallest absolute Gasteiger partial charge is 0.220 e. The molecule has 0 saturated carbocycles. The minimum atomic E-state index is -0.0384. The van der Waals surface area contributed by atoms with Gasteiger partial charge in [-0.2, -0.15) is 0 Å². The number of nitrogens with two attached hydrogens (primary N) is 1. The highest BCUT2D eigenvalue weighted by molar-refractivity contribution is 8.23. The van der Waals surface area contributed by atoms with Crippen LogP contribution in [0.1, 0.15) is 45.7 Å². The second-order valence-corrected chi connectivity index (χ2v) is 8.35. The molecule has 0 radical (unpaired) electrons. The second kappa shape index (κ2) is 8.01. The zero-order chi connectivity index (χ0) is 15.2. The summed E-state index contributed by atoms with van der Waals surface area (Å²) in [5.74, 6) is 0.489. The van der Waals surface area contributed by atoms with Gasteiger partial charge in [0.15, 0.2) is 0 Å². The third kappa shape index (κ3) is 6.73. The molecule has 0 aliphatic carbocycles. The van der Waals surface area contributed by atoms with Gasteiger partial charge in [-0.25, -0.2) is 0 Å². The molecule has 0 aromatic heterocycles. The van der Waals surface area contributed by atoms with Crippen molar-refractivity contribution in [3.63, 3.8) is 0 Å². The molecule has 2 N–H and O–H groups in total. The van der Waals surface area contributed by atoms with E-state index in [2.05, 4.69) is 39.8 Å². The molecule has 0 spiro atoms. The van der Waals surface area contributed by atoms with Crippen molar-refractivity contribution >= 4 is 28.4 Å². The number of benzene rings is 1. The fourth-order valence-corrected chi connectivity index (χ4v) is 3.46. The topological polar surface area (TPSA) is 35.2 Å². The van der Waals surface area contributed by atoms with Gasteiger partial charge in [0.05, 0.1) is 6.61 Å². The van der Waals surface area contributed by atoms with Crippen molar-refractivity contribution in [3.05, 3.63) is 35.9 Å². The molecule has 0 aliphatic heterocycles. The summed E-state index contributed by atoms with van der Waals surface area (Å²) in [4.78, 5) is 0. The van der Waals surface area contributed by atoms with Crippen LogP contribution in [-0.4, -0.2) is 15.7 Å². The Hall–Kier alpha value is -0.580. The van der Waals surface area contributed by atoms with Crippen LogP contribution in [-0.2, 0) is 4.74 Å². The molecule has 1 unspecified atom stereocenters. The maximum atomic E-state index is 6.28. The van der Waals surface area contributed by atoms with Gasteiger partial charge in [0.25, 0.3) is 0 Å². The third-order valence-electron chi connectivity index (χ3n) is 2.83. The molecule has 1 aromatic carbocycles. The Morgan fingerprint density at radius 3 is 2.45 bits per heavy atom. The van der Waals surface area contributed by atoms with Gasteiger partial charge in [-0.1, -0.05) is 69.8 Å². The normalized spacial score (nSPS) is 13.3. The molecule has 20 heavy (non-hydrogen) atoms. The monoisotopic (exact) mass is 311 g/mol. The van der Waals surface area contributed by atoms with Crippen LogP contribution in [0.5, 0.6) is 0 Å². The summed E-state index contributed by atoms with van der Waals surface area (Å²) in [5.41, 5.74) is 7.44. The van der Waals surface area contributed by atoms with E-state index in [-0.39, 0.29) is 10.8 Å². The van der Waals surface area contributed by atoms with Crippen LogP contribution in [0.4, 0.5) is 0 Å². The third-order valence-corrected chi connectivity index (χ3v) is 4.20. The van der Waals surface area contributed by atoms with E-state index in [9.17, 15) is 0 Å². The number of thiocarbonyl (C=S) groups is 1. The van der Waals surface area contributed by atoms with E-state index in [1.807, 2.05) is 18.2 Å². The van der Waals surface area contributed by atoms with E-state index in [0.29, 0.717) is 16.9 Å². The van der Waals surface area contributed by atoms with Crippen molar-refractivity contribution in [2.75, 3.05) is 6.61 Å². The first-order valence-corrected chi connectivity index (χ1v) is 8.19. The first-order valence-electron chi connectivity index (χ1n) is 6.96. The summed E-state index contributed by atoms with van der Waals surface area (Å²) in [7, 11) is 0. The maximum absolute atomic E-state index is 6.28. The number of hydrogen-bond donors (Lipinski definition) is 1. The summed E-state index contributed by atoms with van der Waals surface area (Å²) in [6.45, 7) is 9.22. The molecule has 0 aliphatic rings. The Morgan fingerprint density at radius 1 is 1.30 bits per heavy atom. The fraction of sp³-hybridized carbons (Fsp3) is 0.562. The van der Waals surface area contributed by atoms with Crippen LogP contribution in [0.2, 0.25) is 0 Å². The largest absolute Gasteiger partial charge is 0.478 e. The van der Waals surface area contributed by atoms with Crippen LogP contribution in [0.3, 0.4) is 0 Å². The van der Waals surface area contributed by atoms with Crippen LogP contribution in [0.15, 0.2) is 30.3 Å². The lowest BCUT2D eigenvalue weighted by Crippen LogP contribution is -2.25. The molecule has 0 saturated heterocycles. The SMILES string of the molecule is CC(C)COC(=S)SC(C)(C)CC(N)c1ccccc1. The highest BCUT2D eigenvalue weighted by atomic mass is 32.2. The van der Waals surface area contributed by atoms with Crippen LogP contribution in [0.25, 0.3) is 0 Å². The van der Waals surface area contributed by atoms with Crippen LogP contribution >= 0.6 is 24.0 Å². The van der Waals surface area contributed by atoms with Gasteiger partial charge in [0.1, 0.15) is 0 Å². The van der Waals surface area contributed by atoms with Gasteiger partial charge in [0.2, 0.25) is 4.38 Å². The molecule has 1 aromatic rings. The van der Waals surface area contributed by atoms with Crippen molar-refractivity contribution in [2.24, 2.45) is 11.7 Å². The minimum absolute atomic E-state index is 0.0200. The van der Waals surface area contributed by atoms with E-state index in [1.165, 1.54) is 0 Å². The van der Waals surface area contributed by atoms with E-state index >= 15 is 0 Å². The predicted octanol–water partition coefficient (Wildman–Crippen LogP) is 4.55. The van der Waals surface area contributed by atoms with Crippen LogP contribution < -0.4 is 5.73 Å². The van der Waals surface area contributed by atoms with E-state index in [1.54, 1.807) is 11.8 Å². The fourth-order valence-electron chi connectivity index (χ4n) is 1.88. The summed E-state index contributed by atoms with van der Waals surface area (Å²) in [6, 6.07) is 10.2. The molecule has 1 atom stereocenters. The lowest BCUT2D eigenvalue weighted by Gasteiger charge is -2.27. The molecular formula is C16H25NOS2. The Labute approximate surface area is 132 Å². The van der Waals surface area contributed by atoms with Crippen molar-refractivity contribution in [1.82, 2.24) is 0 Å². The van der Waals surface area contributed by atoms with Crippen molar-refractivity contribution < 1.29 is 4.74 Å². The Kier molecular flexibility index (Phi) is 7.00. The zero-order valence-electron chi connectivity index (χ0n) is 12.8. The molecule has 112 valence electrons. The van der Waals surface area contributed by atoms with Gasteiger partial charge in [-0.3, -0.25) is 0 Å². The van der Waals surface area contributed by atoms with Gasteiger partial charge in [0, 0.05) is 10.8 Å². The lowest BCUT2D eigenvalue weighted by molar-refractivity contribution is 0.272. The van der Waals surface area contributed by atoms with Gasteiger partial charge < -0.3 is 10.5 Å². The van der Waals surface area contributed by atoms with Gasteiger partial charge in [-0.05, 0) is 30.1 Å². The maximum Gasteiger partial charge on any atom is 0.220 e.